The molecule has 94 valence electrons. The molecule has 0 aromatic carbocycles. The number of anilines is 1. The van der Waals surface area contributed by atoms with Crippen LogP contribution in [0, 0.1) is 0 Å². The molecule has 1 saturated carbocycles. The summed E-state index contributed by atoms with van der Waals surface area (Å²) in [5.74, 6) is -0.0384. The van der Waals surface area contributed by atoms with Crippen LogP contribution < -0.4 is 5.32 Å². The molecule has 0 saturated heterocycles. The van der Waals surface area contributed by atoms with Crippen LogP contribution in [-0.4, -0.2) is 54.4 Å². The summed E-state index contributed by atoms with van der Waals surface area (Å²) in [6.07, 6.45) is 2.15. The third-order valence-electron chi connectivity index (χ3n) is 2.61. The molecule has 1 amide bonds. The van der Waals surface area contributed by atoms with Gasteiger partial charge in [0.15, 0.2) is 0 Å². The molecule has 0 bridgehead atoms. The predicted octanol–water partition coefficient (Wildman–Crippen LogP) is 0.831. The minimum atomic E-state index is -0.0384. The molecule has 1 aliphatic rings. The first kappa shape index (κ1) is 12.3. The Morgan fingerprint density at radius 3 is 2.88 bits per heavy atom. The molecule has 17 heavy (non-hydrogen) atoms. The number of aromatic nitrogens is 2. The molecule has 0 unspecified atom stereocenters. The molecule has 6 nitrogen and oxygen atoms in total. The molecule has 0 atom stereocenters. The highest BCUT2D eigenvalue weighted by Gasteiger charge is 2.34. The molecule has 7 heteroatoms. The molecule has 1 aliphatic carbocycles. The smallest absolute Gasteiger partial charge is 0.285 e. The molecular formula is C10H16N4O2S. The Kier molecular flexibility index (Phi) is 3.90. The van der Waals surface area contributed by atoms with Crippen molar-refractivity contribution in [3.63, 3.8) is 0 Å². The molecule has 0 radical (unpaired) electrons. The van der Waals surface area contributed by atoms with Crippen molar-refractivity contribution in [3.05, 3.63) is 5.01 Å². The van der Waals surface area contributed by atoms with Gasteiger partial charge in [0, 0.05) is 26.7 Å². The SMILES string of the molecule is CNc1nnc(C(=O)N(CCOC)C2CC2)s1. The first-order valence-electron chi connectivity index (χ1n) is 5.57. The van der Waals surface area contributed by atoms with Crippen LogP contribution in [0.1, 0.15) is 22.6 Å². The van der Waals surface area contributed by atoms with E-state index in [9.17, 15) is 4.79 Å². The highest BCUT2D eigenvalue weighted by molar-refractivity contribution is 7.17. The summed E-state index contributed by atoms with van der Waals surface area (Å²) in [6, 6.07) is 0.361. The molecule has 1 aromatic heterocycles. The largest absolute Gasteiger partial charge is 0.383 e. The Bertz CT molecular complexity index is 391. The Hall–Kier alpha value is -1.21. The lowest BCUT2D eigenvalue weighted by atomic mass is 10.4. The monoisotopic (exact) mass is 256 g/mol. The highest BCUT2D eigenvalue weighted by atomic mass is 32.1. The number of ether oxygens (including phenoxy) is 1. The zero-order valence-corrected chi connectivity index (χ0v) is 10.8. The van der Waals surface area contributed by atoms with Crippen LogP contribution in [0.3, 0.4) is 0 Å². The number of hydrogen-bond donors (Lipinski definition) is 1. The van der Waals surface area contributed by atoms with Gasteiger partial charge in [-0.15, -0.1) is 10.2 Å². The van der Waals surface area contributed by atoms with E-state index < -0.39 is 0 Å². The molecule has 1 aromatic rings. The molecular weight excluding hydrogens is 240 g/mol. The van der Waals surface area contributed by atoms with Crippen molar-refractivity contribution < 1.29 is 9.53 Å². The number of amides is 1. The van der Waals surface area contributed by atoms with Gasteiger partial charge in [0.2, 0.25) is 10.1 Å². The molecule has 1 fully saturated rings. The summed E-state index contributed by atoms with van der Waals surface area (Å²) < 4.78 is 5.02. The van der Waals surface area contributed by atoms with Crippen LogP contribution in [0.2, 0.25) is 0 Å². The maximum atomic E-state index is 12.2. The van der Waals surface area contributed by atoms with E-state index in [1.807, 2.05) is 4.90 Å². The summed E-state index contributed by atoms with van der Waals surface area (Å²) in [6.45, 7) is 1.17. The summed E-state index contributed by atoms with van der Waals surface area (Å²) in [7, 11) is 3.40. The van der Waals surface area contributed by atoms with Crippen LogP contribution in [0.5, 0.6) is 0 Å². The molecule has 2 rings (SSSR count). The maximum absolute atomic E-state index is 12.2. The van der Waals surface area contributed by atoms with E-state index in [2.05, 4.69) is 15.5 Å². The highest BCUT2D eigenvalue weighted by Crippen LogP contribution is 2.29. The van der Waals surface area contributed by atoms with Crippen molar-refractivity contribution in [3.8, 4) is 0 Å². The summed E-state index contributed by atoms with van der Waals surface area (Å²) >= 11 is 1.28. The van der Waals surface area contributed by atoms with Gasteiger partial charge in [-0.05, 0) is 12.8 Å². The van der Waals surface area contributed by atoms with Gasteiger partial charge in [0.1, 0.15) is 0 Å². The van der Waals surface area contributed by atoms with Gasteiger partial charge in [0.25, 0.3) is 5.91 Å². The second kappa shape index (κ2) is 5.42. The Labute approximate surface area is 104 Å². The third-order valence-corrected chi connectivity index (χ3v) is 3.54. The number of methoxy groups -OCH3 is 1. The fraction of sp³-hybridized carbons (Fsp3) is 0.700. The summed E-state index contributed by atoms with van der Waals surface area (Å²) in [5, 5.41) is 11.8. The number of nitrogens with zero attached hydrogens (tertiary/aromatic N) is 3. The average Bonchev–Trinajstić information content (AvgIpc) is 3.06. The number of rotatable bonds is 6. The van der Waals surface area contributed by atoms with Crippen molar-refractivity contribution >= 4 is 22.4 Å². The first-order chi connectivity index (χ1) is 8.26. The fourth-order valence-corrected chi connectivity index (χ4v) is 2.21. The van der Waals surface area contributed by atoms with Gasteiger partial charge in [-0.25, -0.2) is 0 Å². The zero-order chi connectivity index (χ0) is 12.3. The van der Waals surface area contributed by atoms with E-state index in [-0.39, 0.29) is 5.91 Å². The van der Waals surface area contributed by atoms with E-state index in [1.165, 1.54) is 11.3 Å². The van der Waals surface area contributed by atoms with Crippen molar-refractivity contribution in [1.82, 2.24) is 15.1 Å². The fourth-order valence-electron chi connectivity index (χ4n) is 1.56. The number of carbonyl (C=O) groups is 1. The van der Waals surface area contributed by atoms with Crippen LogP contribution >= 0.6 is 11.3 Å². The predicted molar refractivity (Wildman–Crippen MR) is 65.4 cm³/mol. The van der Waals surface area contributed by atoms with E-state index in [0.29, 0.717) is 29.3 Å². The molecule has 0 aliphatic heterocycles. The number of nitrogens with one attached hydrogen (secondary N) is 1. The topological polar surface area (TPSA) is 67.4 Å². The molecule has 0 spiro atoms. The van der Waals surface area contributed by atoms with Gasteiger partial charge in [-0.2, -0.15) is 0 Å². The number of hydrogen-bond acceptors (Lipinski definition) is 6. The van der Waals surface area contributed by atoms with Crippen LogP contribution in [0.25, 0.3) is 0 Å². The summed E-state index contributed by atoms with van der Waals surface area (Å²) in [5.41, 5.74) is 0. The van der Waals surface area contributed by atoms with Gasteiger partial charge >= 0.3 is 0 Å². The lowest BCUT2D eigenvalue weighted by Crippen LogP contribution is -2.35. The zero-order valence-electron chi connectivity index (χ0n) is 9.97. The molecule has 1 heterocycles. The van der Waals surface area contributed by atoms with Crippen LogP contribution in [0.4, 0.5) is 5.13 Å². The van der Waals surface area contributed by atoms with Crippen molar-refractivity contribution in [2.24, 2.45) is 0 Å². The Morgan fingerprint density at radius 1 is 1.59 bits per heavy atom. The average molecular weight is 256 g/mol. The maximum Gasteiger partial charge on any atom is 0.285 e. The summed E-state index contributed by atoms with van der Waals surface area (Å²) in [4.78, 5) is 14.0. The van der Waals surface area contributed by atoms with E-state index >= 15 is 0 Å². The lowest BCUT2D eigenvalue weighted by Gasteiger charge is -2.20. The standard InChI is InChI=1S/C10H16N4O2S/c1-11-10-13-12-8(17-10)9(15)14(5-6-16-2)7-3-4-7/h7H,3-6H2,1-2H3,(H,11,13). The quantitative estimate of drug-likeness (QED) is 0.816. The van der Waals surface area contributed by atoms with Crippen LogP contribution in [0.15, 0.2) is 0 Å². The Balaban J connectivity index is 2.04. The van der Waals surface area contributed by atoms with Crippen LogP contribution in [-0.2, 0) is 4.74 Å². The van der Waals surface area contributed by atoms with E-state index in [0.717, 1.165) is 12.8 Å². The van der Waals surface area contributed by atoms with Gasteiger partial charge in [-0.1, -0.05) is 11.3 Å². The second-order valence-electron chi connectivity index (χ2n) is 3.88. The lowest BCUT2D eigenvalue weighted by molar-refractivity contribution is 0.0679. The van der Waals surface area contributed by atoms with Gasteiger partial charge in [-0.3, -0.25) is 4.79 Å². The second-order valence-corrected chi connectivity index (χ2v) is 4.86. The minimum Gasteiger partial charge on any atom is -0.383 e. The normalized spacial score (nSPS) is 14.7. The number of carbonyl (C=O) groups excluding carboxylic acids is 1. The van der Waals surface area contributed by atoms with Gasteiger partial charge in [0.05, 0.1) is 6.61 Å². The van der Waals surface area contributed by atoms with Crippen molar-refractivity contribution in [1.29, 1.82) is 0 Å². The minimum absolute atomic E-state index is 0.0384. The van der Waals surface area contributed by atoms with Gasteiger partial charge < -0.3 is 15.0 Å². The first-order valence-corrected chi connectivity index (χ1v) is 6.39. The third kappa shape index (κ3) is 2.92. The van der Waals surface area contributed by atoms with Crippen molar-refractivity contribution in [2.75, 3.05) is 32.6 Å². The Morgan fingerprint density at radius 2 is 2.35 bits per heavy atom. The van der Waals surface area contributed by atoms with Crippen molar-refractivity contribution in [2.45, 2.75) is 18.9 Å². The van der Waals surface area contributed by atoms with E-state index in [4.69, 9.17) is 4.74 Å². The van der Waals surface area contributed by atoms with E-state index in [1.54, 1.807) is 14.2 Å². The molecule has 1 N–H and O–H groups in total.